The number of hydrogen-bond acceptors (Lipinski definition) is 6. The number of rotatable bonds is 3. The first-order valence-corrected chi connectivity index (χ1v) is 10.2. The van der Waals surface area contributed by atoms with Crippen molar-refractivity contribution in [3.8, 4) is 5.82 Å². The Morgan fingerprint density at radius 2 is 1.68 bits per heavy atom. The predicted molar refractivity (Wildman–Crippen MR) is 116 cm³/mol. The van der Waals surface area contributed by atoms with Gasteiger partial charge < -0.3 is 0 Å². The molecule has 0 radical (unpaired) electrons. The maximum atomic E-state index is 13.4. The Balaban J connectivity index is 1.54. The number of aryl methyl sites for hydroxylation is 2. The molecule has 1 atom stereocenters. The number of anilines is 1. The van der Waals surface area contributed by atoms with Gasteiger partial charge in [-0.3, -0.25) is 14.3 Å². The van der Waals surface area contributed by atoms with Gasteiger partial charge in [0.2, 0.25) is 5.91 Å². The van der Waals surface area contributed by atoms with Crippen LogP contribution in [0.15, 0.2) is 55.0 Å². The smallest absolute Gasteiger partial charge is 0.238 e. The second-order valence-corrected chi connectivity index (χ2v) is 8.48. The van der Waals surface area contributed by atoms with Crippen molar-refractivity contribution < 1.29 is 4.79 Å². The lowest BCUT2D eigenvalue weighted by molar-refractivity contribution is -0.125. The largest absolute Gasteiger partial charge is 0.287 e. The molecule has 1 amide bonds. The molecule has 1 unspecified atom stereocenters. The number of fused-ring (bicyclic) bond motifs is 1. The van der Waals surface area contributed by atoms with Crippen molar-refractivity contribution >= 4 is 17.3 Å². The highest BCUT2D eigenvalue weighted by atomic mass is 16.2. The van der Waals surface area contributed by atoms with Crippen molar-refractivity contribution in [2.45, 2.75) is 34.1 Å². The third-order valence-electron chi connectivity index (χ3n) is 6.16. The molecule has 1 saturated heterocycles. The molecule has 8 nitrogen and oxygen atoms in total. The van der Waals surface area contributed by atoms with Gasteiger partial charge in [-0.25, -0.2) is 24.9 Å². The summed E-state index contributed by atoms with van der Waals surface area (Å²) < 4.78 is 1.85. The van der Waals surface area contributed by atoms with E-state index in [1.54, 1.807) is 23.5 Å². The molecule has 3 aromatic heterocycles. The summed E-state index contributed by atoms with van der Waals surface area (Å²) in [7, 11) is 0. The summed E-state index contributed by atoms with van der Waals surface area (Å²) in [6.45, 7) is 7.76. The summed E-state index contributed by atoms with van der Waals surface area (Å²) in [4.78, 5) is 37.1. The normalized spacial score (nSPS) is 19.8. The molecule has 0 aromatic carbocycles. The summed E-state index contributed by atoms with van der Waals surface area (Å²) in [5, 5.41) is 0. The van der Waals surface area contributed by atoms with Crippen molar-refractivity contribution in [2.24, 2.45) is 11.3 Å². The Kier molecular flexibility index (Phi) is 4.32. The number of allylic oxidation sites excluding steroid dienone is 4. The number of imidazole rings is 1. The zero-order valence-corrected chi connectivity index (χ0v) is 17.9. The van der Waals surface area contributed by atoms with Gasteiger partial charge >= 0.3 is 0 Å². The molecule has 1 fully saturated rings. The van der Waals surface area contributed by atoms with Crippen molar-refractivity contribution in [1.29, 1.82) is 0 Å². The molecule has 0 saturated carbocycles. The van der Waals surface area contributed by atoms with Crippen molar-refractivity contribution in [3.05, 3.63) is 72.2 Å². The highest BCUT2D eigenvalue weighted by Crippen LogP contribution is 2.50. The monoisotopic (exact) mass is 413 g/mol. The van der Waals surface area contributed by atoms with Crippen molar-refractivity contribution in [1.82, 2.24) is 29.5 Å². The minimum atomic E-state index is -0.529. The highest BCUT2D eigenvalue weighted by Gasteiger charge is 2.51. The quantitative estimate of drug-likeness (QED) is 0.653. The lowest BCUT2D eigenvalue weighted by Gasteiger charge is -2.25. The molecule has 0 spiro atoms. The zero-order valence-electron chi connectivity index (χ0n) is 17.9. The molecule has 2 aliphatic rings. The van der Waals surface area contributed by atoms with Crippen LogP contribution in [-0.2, 0) is 4.79 Å². The maximum absolute atomic E-state index is 13.4. The average Bonchev–Trinajstić information content (AvgIpc) is 3.28. The van der Waals surface area contributed by atoms with Crippen LogP contribution in [0.2, 0.25) is 0 Å². The Bertz CT molecular complexity index is 1220. The second kappa shape index (κ2) is 6.94. The van der Waals surface area contributed by atoms with E-state index in [-0.39, 0.29) is 11.8 Å². The fourth-order valence-corrected chi connectivity index (χ4v) is 4.28. The first-order chi connectivity index (χ1) is 14.9. The van der Waals surface area contributed by atoms with Gasteiger partial charge in [0.15, 0.2) is 11.6 Å². The Hall–Kier alpha value is -3.68. The van der Waals surface area contributed by atoms with Gasteiger partial charge in [0.05, 0.1) is 17.8 Å². The molecule has 8 heteroatoms. The van der Waals surface area contributed by atoms with Crippen molar-refractivity contribution in [2.75, 3.05) is 4.90 Å². The molecule has 0 bridgehead atoms. The van der Waals surface area contributed by atoms with Crippen LogP contribution in [0.4, 0.5) is 5.82 Å². The molecule has 156 valence electrons. The van der Waals surface area contributed by atoms with Crippen LogP contribution in [0.3, 0.4) is 0 Å². The third kappa shape index (κ3) is 3.06. The van der Waals surface area contributed by atoms with Gasteiger partial charge in [-0.15, -0.1) is 0 Å². The summed E-state index contributed by atoms with van der Waals surface area (Å²) >= 11 is 0. The molecule has 3 aromatic rings. The topological polar surface area (TPSA) is 89.7 Å². The van der Waals surface area contributed by atoms with Gasteiger partial charge in [-0.2, -0.15) is 0 Å². The Morgan fingerprint density at radius 1 is 0.968 bits per heavy atom. The van der Waals surface area contributed by atoms with Crippen LogP contribution in [0.25, 0.3) is 11.4 Å². The van der Waals surface area contributed by atoms with Gasteiger partial charge in [0, 0.05) is 42.0 Å². The van der Waals surface area contributed by atoms with Crippen molar-refractivity contribution in [3.63, 3.8) is 0 Å². The van der Waals surface area contributed by atoms with E-state index in [1.165, 1.54) is 0 Å². The lowest BCUT2D eigenvalue weighted by Crippen LogP contribution is -2.32. The number of nitrogens with zero attached hydrogens (tertiary/aromatic N) is 7. The van der Waals surface area contributed by atoms with Crippen LogP contribution in [0, 0.1) is 25.2 Å². The number of hydrogen-bond donors (Lipinski definition) is 0. The third-order valence-corrected chi connectivity index (χ3v) is 6.16. The minimum Gasteiger partial charge on any atom is -0.287 e. The first kappa shape index (κ1) is 19.3. The Morgan fingerprint density at radius 3 is 2.32 bits per heavy atom. The van der Waals surface area contributed by atoms with Gasteiger partial charge in [-0.05, 0) is 31.9 Å². The second-order valence-electron chi connectivity index (χ2n) is 8.48. The average molecular weight is 413 g/mol. The predicted octanol–water partition coefficient (Wildman–Crippen LogP) is 3.43. The SMILES string of the molecule is Cc1ncc(C2=CCC3C(=C2)N(c2cnc(-n4ccnc4C)cn2)C(=O)C3(C)C)cn1. The molecule has 0 N–H and O–H groups in total. The van der Waals surface area contributed by atoms with Gasteiger partial charge in [-0.1, -0.05) is 19.9 Å². The van der Waals surface area contributed by atoms with E-state index in [9.17, 15) is 4.79 Å². The van der Waals surface area contributed by atoms with E-state index < -0.39 is 5.41 Å². The van der Waals surface area contributed by atoms with Crippen LogP contribution < -0.4 is 4.90 Å². The standard InChI is InChI=1S/C23H23N7O/c1-14-25-10-17(11-26-14)16-5-6-18-19(9-16)30(22(31)23(18,3)4)21-13-27-20(12-28-21)29-8-7-24-15(29)2/h5,7-13,18H,6H2,1-4H3. The van der Waals surface area contributed by atoms with E-state index in [0.717, 1.165) is 34.9 Å². The molecular formula is C23H23N7O. The molecule has 1 aliphatic carbocycles. The molecule has 5 rings (SSSR count). The Labute approximate surface area is 180 Å². The number of aromatic nitrogens is 6. The summed E-state index contributed by atoms with van der Waals surface area (Å²) in [5.41, 5.74) is 2.36. The van der Waals surface area contributed by atoms with Crippen LogP contribution in [-0.4, -0.2) is 35.4 Å². The molecule has 1 aliphatic heterocycles. The van der Waals surface area contributed by atoms with Crippen LogP contribution >= 0.6 is 0 Å². The van der Waals surface area contributed by atoms with E-state index in [0.29, 0.717) is 11.6 Å². The van der Waals surface area contributed by atoms with E-state index >= 15 is 0 Å². The highest BCUT2D eigenvalue weighted by molar-refractivity contribution is 6.04. The molecule has 4 heterocycles. The summed E-state index contributed by atoms with van der Waals surface area (Å²) in [5.74, 6) is 2.84. The minimum absolute atomic E-state index is 0.0272. The van der Waals surface area contributed by atoms with Gasteiger partial charge in [0.1, 0.15) is 11.6 Å². The summed E-state index contributed by atoms with van der Waals surface area (Å²) in [6, 6.07) is 0. The lowest BCUT2D eigenvalue weighted by atomic mass is 9.75. The van der Waals surface area contributed by atoms with Crippen LogP contribution in [0.5, 0.6) is 0 Å². The van der Waals surface area contributed by atoms with E-state index in [1.807, 2.05) is 50.9 Å². The van der Waals surface area contributed by atoms with Gasteiger partial charge in [0.25, 0.3) is 0 Å². The number of amides is 1. The molecule has 31 heavy (non-hydrogen) atoms. The zero-order chi connectivity index (χ0) is 21.8. The maximum Gasteiger partial charge on any atom is 0.238 e. The summed E-state index contributed by atoms with van der Waals surface area (Å²) in [6.07, 6.45) is 15.5. The van der Waals surface area contributed by atoms with Crippen LogP contribution in [0.1, 0.15) is 37.5 Å². The fraction of sp³-hybridized carbons (Fsp3) is 0.304. The number of carbonyl (C=O) groups excluding carboxylic acids is 1. The first-order valence-electron chi connectivity index (χ1n) is 10.2. The molecular weight excluding hydrogens is 390 g/mol. The van der Waals surface area contributed by atoms with E-state index in [4.69, 9.17) is 0 Å². The van der Waals surface area contributed by atoms with E-state index in [2.05, 4.69) is 37.1 Å². The fourth-order valence-electron chi connectivity index (χ4n) is 4.28. The number of carbonyl (C=O) groups is 1.